The van der Waals surface area contributed by atoms with Gasteiger partial charge in [-0.3, -0.25) is 30.6 Å². The van der Waals surface area contributed by atoms with Crippen LogP contribution in [-0.4, -0.2) is 36.4 Å². The van der Waals surface area contributed by atoms with E-state index in [1.807, 2.05) is 6.07 Å². The van der Waals surface area contributed by atoms with Crippen molar-refractivity contribution in [1.29, 1.82) is 5.26 Å². The molecule has 0 heterocycles. The average molecular weight is 398 g/mol. The molecule has 11 nitrogen and oxygen atoms in total. The molecule has 0 fully saturated rings. The first-order valence-electron chi connectivity index (χ1n) is 7.94. The van der Waals surface area contributed by atoms with Crippen LogP contribution in [0.3, 0.4) is 0 Å². The molecule has 11 heteroatoms. The van der Waals surface area contributed by atoms with Crippen LogP contribution >= 0.6 is 0 Å². The van der Waals surface area contributed by atoms with Gasteiger partial charge < -0.3 is 9.47 Å². The first-order valence-corrected chi connectivity index (χ1v) is 7.94. The summed E-state index contributed by atoms with van der Waals surface area (Å²) >= 11 is 0. The molecule has 2 amide bonds. The van der Waals surface area contributed by atoms with Crippen molar-refractivity contribution in [1.82, 2.24) is 10.9 Å². The number of ether oxygens (including phenoxy) is 2. The van der Waals surface area contributed by atoms with Crippen LogP contribution < -0.4 is 15.6 Å². The normalized spacial score (nSPS) is 9.66. The van der Waals surface area contributed by atoms with Crippen LogP contribution in [-0.2, 0) is 9.53 Å². The van der Waals surface area contributed by atoms with Crippen LogP contribution in [0.1, 0.15) is 26.3 Å². The second-order valence-electron chi connectivity index (χ2n) is 5.42. The number of methoxy groups -OCH3 is 1. The molecule has 0 aliphatic rings. The third-order valence-corrected chi connectivity index (χ3v) is 3.49. The van der Waals surface area contributed by atoms with E-state index in [0.29, 0.717) is 0 Å². The monoisotopic (exact) mass is 398 g/mol. The lowest BCUT2D eigenvalue weighted by molar-refractivity contribution is -0.384. The number of carbonyl (C=O) groups is 3. The van der Waals surface area contributed by atoms with Crippen LogP contribution in [0.2, 0.25) is 0 Å². The molecule has 0 bridgehead atoms. The zero-order valence-corrected chi connectivity index (χ0v) is 15.0. The van der Waals surface area contributed by atoms with Gasteiger partial charge in [-0.1, -0.05) is 12.1 Å². The van der Waals surface area contributed by atoms with Gasteiger partial charge in [0.2, 0.25) is 0 Å². The molecular formula is C18H14N4O7. The summed E-state index contributed by atoms with van der Waals surface area (Å²) in [4.78, 5) is 45.8. The molecule has 0 saturated heterocycles. The van der Waals surface area contributed by atoms with Crippen LogP contribution in [0.25, 0.3) is 0 Å². The number of carbonyl (C=O) groups excluding carboxylic acids is 3. The second kappa shape index (κ2) is 9.47. The topological polar surface area (TPSA) is 161 Å². The van der Waals surface area contributed by atoms with Gasteiger partial charge in [0.05, 0.1) is 23.2 Å². The van der Waals surface area contributed by atoms with E-state index in [0.717, 1.165) is 25.3 Å². The Hall–Kier alpha value is -4.46. The van der Waals surface area contributed by atoms with E-state index in [1.165, 1.54) is 12.1 Å². The molecule has 0 atom stereocenters. The number of nitriles is 1. The summed E-state index contributed by atoms with van der Waals surface area (Å²) in [6, 6.07) is 11.2. The molecule has 0 unspecified atom stereocenters. The SMILES string of the molecule is COC(=O)c1cc(C(=O)NNC(=O)COc2ccccc2C#N)cc([N+](=O)[O-])c1. The Morgan fingerprint density at radius 3 is 2.48 bits per heavy atom. The Balaban J connectivity index is 2.02. The summed E-state index contributed by atoms with van der Waals surface area (Å²) in [6.07, 6.45) is 0. The summed E-state index contributed by atoms with van der Waals surface area (Å²) in [5, 5.41) is 19.9. The fourth-order valence-corrected chi connectivity index (χ4v) is 2.15. The molecule has 0 spiro atoms. The van der Waals surface area contributed by atoms with Gasteiger partial charge in [-0.05, 0) is 18.2 Å². The number of hydrogen-bond donors (Lipinski definition) is 2. The van der Waals surface area contributed by atoms with Crippen LogP contribution in [0.4, 0.5) is 5.69 Å². The summed E-state index contributed by atoms with van der Waals surface area (Å²) in [7, 11) is 1.09. The van der Waals surface area contributed by atoms with Gasteiger partial charge >= 0.3 is 5.97 Å². The van der Waals surface area contributed by atoms with Crippen molar-refractivity contribution >= 4 is 23.5 Å². The molecule has 29 heavy (non-hydrogen) atoms. The standard InChI is InChI=1S/C18H14N4O7/c1-28-18(25)13-6-12(7-14(8-13)22(26)27)17(24)21-20-16(23)10-29-15-5-3-2-4-11(15)9-19/h2-8H,10H2,1H3,(H,20,23)(H,21,24). The number of hydrogen-bond acceptors (Lipinski definition) is 8. The Morgan fingerprint density at radius 2 is 1.83 bits per heavy atom. The maximum atomic E-state index is 12.2. The fraction of sp³-hybridized carbons (Fsp3) is 0.111. The van der Waals surface area contributed by atoms with E-state index < -0.39 is 35.0 Å². The van der Waals surface area contributed by atoms with Crippen molar-refractivity contribution in [3.8, 4) is 11.8 Å². The van der Waals surface area contributed by atoms with E-state index >= 15 is 0 Å². The Bertz CT molecular complexity index is 1010. The predicted molar refractivity (Wildman–Crippen MR) is 96.7 cm³/mol. The molecule has 148 valence electrons. The number of nitrogens with one attached hydrogen (secondary N) is 2. The highest BCUT2D eigenvalue weighted by atomic mass is 16.6. The van der Waals surface area contributed by atoms with Gasteiger partial charge in [0.25, 0.3) is 17.5 Å². The maximum absolute atomic E-state index is 12.2. The van der Waals surface area contributed by atoms with Gasteiger partial charge in [-0.2, -0.15) is 5.26 Å². The van der Waals surface area contributed by atoms with Gasteiger partial charge in [0, 0.05) is 17.7 Å². The van der Waals surface area contributed by atoms with E-state index in [4.69, 9.17) is 10.00 Å². The van der Waals surface area contributed by atoms with Gasteiger partial charge in [0.15, 0.2) is 6.61 Å². The number of nitrogens with zero attached hydrogens (tertiary/aromatic N) is 2. The minimum atomic E-state index is -0.898. The van der Waals surface area contributed by atoms with Gasteiger partial charge in [-0.15, -0.1) is 0 Å². The lowest BCUT2D eigenvalue weighted by atomic mass is 10.1. The second-order valence-corrected chi connectivity index (χ2v) is 5.42. The fourth-order valence-electron chi connectivity index (χ4n) is 2.15. The number of amides is 2. The maximum Gasteiger partial charge on any atom is 0.338 e. The van der Waals surface area contributed by atoms with E-state index in [-0.39, 0.29) is 22.4 Å². The van der Waals surface area contributed by atoms with E-state index in [1.54, 1.807) is 12.1 Å². The van der Waals surface area contributed by atoms with Crippen LogP contribution in [0.15, 0.2) is 42.5 Å². The minimum Gasteiger partial charge on any atom is -0.482 e. The summed E-state index contributed by atoms with van der Waals surface area (Å²) in [5.41, 5.74) is 3.42. The highest BCUT2D eigenvalue weighted by Crippen LogP contribution is 2.18. The molecule has 0 saturated carbocycles. The molecule has 0 aliphatic heterocycles. The van der Waals surface area contributed by atoms with E-state index in [9.17, 15) is 24.5 Å². The molecular weight excluding hydrogens is 384 g/mol. The molecule has 0 aromatic heterocycles. The van der Waals surface area contributed by atoms with Crippen molar-refractivity contribution < 1.29 is 28.8 Å². The number of nitro benzene ring substituents is 1. The van der Waals surface area contributed by atoms with Crippen molar-refractivity contribution in [2.24, 2.45) is 0 Å². The lowest BCUT2D eigenvalue weighted by Gasteiger charge is -2.10. The van der Waals surface area contributed by atoms with Crippen molar-refractivity contribution in [2.75, 3.05) is 13.7 Å². The third-order valence-electron chi connectivity index (χ3n) is 3.49. The predicted octanol–water partition coefficient (Wildman–Crippen LogP) is 1.09. The number of nitro groups is 1. The molecule has 0 radical (unpaired) electrons. The molecule has 2 aromatic rings. The Kier molecular flexibility index (Phi) is 6.81. The van der Waals surface area contributed by atoms with Crippen molar-refractivity contribution in [2.45, 2.75) is 0 Å². The number of benzene rings is 2. The van der Waals surface area contributed by atoms with Crippen molar-refractivity contribution in [3.63, 3.8) is 0 Å². The lowest BCUT2D eigenvalue weighted by Crippen LogP contribution is -2.43. The smallest absolute Gasteiger partial charge is 0.338 e. The number of non-ortho nitro benzene ring substituents is 1. The molecule has 0 aliphatic carbocycles. The first kappa shape index (κ1) is 20.8. The quantitative estimate of drug-likeness (QED) is 0.415. The molecule has 2 N–H and O–H groups in total. The van der Waals surface area contributed by atoms with Crippen molar-refractivity contribution in [3.05, 3.63) is 69.3 Å². The number of rotatable bonds is 6. The van der Waals surface area contributed by atoms with Gasteiger partial charge in [0.1, 0.15) is 11.8 Å². The van der Waals surface area contributed by atoms with Crippen LogP contribution in [0, 0.1) is 21.4 Å². The van der Waals surface area contributed by atoms with E-state index in [2.05, 4.69) is 15.6 Å². The molecule has 2 aromatic carbocycles. The largest absolute Gasteiger partial charge is 0.482 e. The summed E-state index contributed by atoms with van der Waals surface area (Å²) < 4.78 is 9.70. The number of hydrazine groups is 1. The highest BCUT2D eigenvalue weighted by Gasteiger charge is 2.19. The number of para-hydroxylation sites is 1. The number of esters is 1. The average Bonchev–Trinajstić information content (AvgIpc) is 2.75. The zero-order valence-electron chi connectivity index (χ0n) is 15.0. The highest BCUT2D eigenvalue weighted by molar-refractivity contribution is 5.99. The third kappa shape index (κ3) is 5.51. The molecule has 2 rings (SSSR count). The Morgan fingerprint density at radius 1 is 1.14 bits per heavy atom. The zero-order chi connectivity index (χ0) is 21.4. The van der Waals surface area contributed by atoms with Crippen LogP contribution in [0.5, 0.6) is 5.75 Å². The summed E-state index contributed by atoms with van der Waals surface area (Å²) in [6.45, 7) is -0.499. The summed E-state index contributed by atoms with van der Waals surface area (Å²) in [5.74, 6) is -2.32. The van der Waals surface area contributed by atoms with Gasteiger partial charge in [-0.25, -0.2) is 4.79 Å². The first-order chi connectivity index (χ1) is 13.8. The Labute approximate surface area is 164 Å². The minimum absolute atomic E-state index is 0.192.